The largest absolute Gasteiger partial charge is 0.467 e. The number of nitrogens with zero attached hydrogens (tertiary/aromatic N) is 2. The molecular weight excluding hydrogens is 292 g/mol. The van der Waals surface area contributed by atoms with Gasteiger partial charge in [-0.25, -0.2) is 0 Å². The second kappa shape index (κ2) is 7.22. The summed E-state index contributed by atoms with van der Waals surface area (Å²) in [5.41, 5.74) is 2.26. The van der Waals surface area contributed by atoms with Gasteiger partial charge in [0, 0.05) is 31.3 Å². The number of amides is 1. The van der Waals surface area contributed by atoms with Crippen LogP contribution in [0.2, 0.25) is 0 Å². The average Bonchev–Trinajstić information content (AvgIpc) is 3.12. The lowest BCUT2D eigenvalue weighted by molar-refractivity contribution is 0.0950. The summed E-state index contributed by atoms with van der Waals surface area (Å²) < 4.78 is 5.25. The van der Waals surface area contributed by atoms with Crippen LogP contribution in [0.25, 0.3) is 0 Å². The molecule has 3 aromatic heterocycles. The standard InChI is InChI=1S/C17H16N4O2/c22-17(21-9-13-3-5-18-6-4-13)14-8-15(11-19-10-14)20-12-16-2-1-7-23-16/h1-8,10-11,20H,9,12H2,(H,21,22). The molecule has 0 radical (unpaired) electrons. The molecule has 0 aliphatic rings. The lowest BCUT2D eigenvalue weighted by atomic mass is 10.2. The highest BCUT2D eigenvalue weighted by Gasteiger charge is 2.07. The Labute approximate surface area is 133 Å². The average molecular weight is 308 g/mol. The maximum atomic E-state index is 12.2. The third-order valence-electron chi connectivity index (χ3n) is 3.25. The molecule has 6 heteroatoms. The van der Waals surface area contributed by atoms with Crippen molar-refractivity contribution >= 4 is 11.6 Å². The second-order valence-corrected chi connectivity index (χ2v) is 4.93. The Balaban J connectivity index is 1.58. The Morgan fingerprint density at radius 1 is 1.09 bits per heavy atom. The van der Waals surface area contributed by atoms with E-state index in [1.54, 1.807) is 37.1 Å². The molecule has 23 heavy (non-hydrogen) atoms. The van der Waals surface area contributed by atoms with E-state index in [0.29, 0.717) is 18.7 Å². The van der Waals surface area contributed by atoms with Gasteiger partial charge in [-0.05, 0) is 35.9 Å². The van der Waals surface area contributed by atoms with E-state index in [1.807, 2.05) is 24.3 Å². The molecule has 1 amide bonds. The molecule has 0 saturated heterocycles. The minimum atomic E-state index is -0.170. The molecule has 0 spiro atoms. The molecule has 0 aliphatic heterocycles. The molecule has 3 rings (SSSR count). The summed E-state index contributed by atoms with van der Waals surface area (Å²) in [7, 11) is 0. The van der Waals surface area contributed by atoms with Crippen LogP contribution in [0.1, 0.15) is 21.7 Å². The van der Waals surface area contributed by atoms with Gasteiger partial charge in [0.25, 0.3) is 5.91 Å². The molecule has 0 fully saturated rings. The highest BCUT2D eigenvalue weighted by Crippen LogP contribution is 2.11. The predicted molar refractivity (Wildman–Crippen MR) is 85.7 cm³/mol. The second-order valence-electron chi connectivity index (χ2n) is 4.93. The predicted octanol–water partition coefficient (Wildman–Crippen LogP) is 2.61. The number of nitrogens with one attached hydrogen (secondary N) is 2. The molecule has 3 heterocycles. The first-order chi connectivity index (χ1) is 11.3. The van der Waals surface area contributed by atoms with Crippen LogP contribution in [0.15, 0.2) is 65.8 Å². The molecule has 0 aromatic carbocycles. The van der Waals surface area contributed by atoms with Crippen molar-refractivity contribution in [1.82, 2.24) is 15.3 Å². The molecule has 2 N–H and O–H groups in total. The van der Waals surface area contributed by atoms with Gasteiger partial charge >= 0.3 is 0 Å². The zero-order chi connectivity index (χ0) is 15.9. The molecule has 116 valence electrons. The maximum Gasteiger partial charge on any atom is 0.253 e. The summed E-state index contributed by atoms with van der Waals surface area (Å²) in [6.45, 7) is 0.988. The fourth-order valence-electron chi connectivity index (χ4n) is 2.05. The summed E-state index contributed by atoms with van der Waals surface area (Å²) in [5.74, 6) is 0.647. The van der Waals surface area contributed by atoms with E-state index in [9.17, 15) is 4.79 Å². The molecule has 6 nitrogen and oxygen atoms in total. The van der Waals surface area contributed by atoms with Gasteiger partial charge in [0.05, 0.1) is 24.1 Å². The van der Waals surface area contributed by atoms with Gasteiger partial charge in [0.2, 0.25) is 0 Å². The zero-order valence-electron chi connectivity index (χ0n) is 12.4. The van der Waals surface area contributed by atoms with Gasteiger partial charge in [-0.15, -0.1) is 0 Å². The Hall–Kier alpha value is -3.15. The summed E-state index contributed by atoms with van der Waals surface area (Å²) in [5, 5.41) is 6.03. The topological polar surface area (TPSA) is 80.0 Å². The molecular formula is C17H16N4O2. The lowest BCUT2D eigenvalue weighted by Crippen LogP contribution is -2.23. The van der Waals surface area contributed by atoms with Crippen LogP contribution in [0, 0.1) is 0 Å². The maximum absolute atomic E-state index is 12.2. The monoisotopic (exact) mass is 308 g/mol. The number of aromatic nitrogens is 2. The van der Waals surface area contributed by atoms with E-state index in [-0.39, 0.29) is 5.91 Å². The van der Waals surface area contributed by atoms with Gasteiger partial charge in [0.1, 0.15) is 5.76 Å². The SMILES string of the molecule is O=C(NCc1ccncc1)c1cncc(NCc2ccco2)c1. The zero-order valence-corrected chi connectivity index (χ0v) is 12.4. The van der Waals surface area contributed by atoms with Crippen LogP contribution in [0.5, 0.6) is 0 Å². The smallest absolute Gasteiger partial charge is 0.253 e. The number of carbonyl (C=O) groups is 1. The molecule has 0 saturated carbocycles. The van der Waals surface area contributed by atoms with Crippen molar-refractivity contribution in [2.45, 2.75) is 13.1 Å². The Bertz CT molecular complexity index is 757. The minimum absolute atomic E-state index is 0.170. The Morgan fingerprint density at radius 2 is 1.96 bits per heavy atom. The van der Waals surface area contributed by atoms with Crippen LogP contribution in [0.3, 0.4) is 0 Å². The van der Waals surface area contributed by atoms with Crippen LogP contribution >= 0.6 is 0 Å². The van der Waals surface area contributed by atoms with Crippen LogP contribution < -0.4 is 10.6 Å². The van der Waals surface area contributed by atoms with Crippen molar-refractivity contribution in [3.63, 3.8) is 0 Å². The quantitative estimate of drug-likeness (QED) is 0.731. The van der Waals surface area contributed by atoms with E-state index in [1.165, 1.54) is 0 Å². The molecule has 0 bridgehead atoms. The third-order valence-corrected chi connectivity index (χ3v) is 3.25. The van der Waals surface area contributed by atoms with Crippen molar-refractivity contribution in [2.75, 3.05) is 5.32 Å². The van der Waals surface area contributed by atoms with Crippen molar-refractivity contribution in [1.29, 1.82) is 0 Å². The number of furan rings is 1. The van der Waals surface area contributed by atoms with E-state index in [2.05, 4.69) is 20.6 Å². The first kappa shape index (κ1) is 14.8. The number of hydrogen-bond acceptors (Lipinski definition) is 5. The minimum Gasteiger partial charge on any atom is -0.467 e. The van der Waals surface area contributed by atoms with E-state index < -0.39 is 0 Å². The molecule has 3 aromatic rings. The van der Waals surface area contributed by atoms with Gasteiger partial charge in [-0.2, -0.15) is 0 Å². The summed E-state index contributed by atoms with van der Waals surface area (Å²) in [6, 6.07) is 9.20. The van der Waals surface area contributed by atoms with Gasteiger partial charge in [-0.3, -0.25) is 14.8 Å². The van der Waals surface area contributed by atoms with Crippen LogP contribution in [-0.4, -0.2) is 15.9 Å². The number of anilines is 1. The highest BCUT2D eigenvalue weighted by molar-refractivity contribution is 5.94. The Morgan fingerprint density at radius 3 is 2.74 bits per heavy atom. The summed E-state index contributed by atoms with van der Waals surface area (Å²) in [6.07, 6.45) is 8.23. The lowest BCUT2D eigenvalue weighted by Gasteiger charge is -2.08. The highest BCUT2D eigenvalue weighted by atomic mass is 16.3. The van der Waals surface area contributed by atoms with Crippen LogP contribution in [0.4, 0.5) is 5.69 Å². The normalized spacial score (nSPS) is 10.3. The summed E-state index contributed by atoms with van der Waals surface area (Å²) >= 11 is 0. The number of carbonyl (C=O) groups excluding carboxylic acids is 1. The third kappa shape index (κ3) is 4.16. The fourth-order valence-corrected chi connectivity index (χ4v) is 2.05. The molecule has 0 atom stereocenters. The van der Waals surface area contributed by atoms with Gasteiger partial charge in [0.15, 0.2) is 0 Å². The van der Waals surface area contributed by atoms with E-state index in [4.69, 9.17) is 4.42 Å². The van der Waals surface area contributed by atoms with E-state index >= 15 is 0 Å². The van der Waals surface area contributed by atoms with E-state index in [0.717, 1.165) is 17.0 Å². The van der Waals surface area contributed by atoms with Gasteiger partial charge < -0.3 is 15.1 Å². The summed E-state index contributed by atoms with van der Waals surface area (Å²) in [4.78, 5) is 20.2. The Kier molecular flexibility index (Phi) is 4.63. The van der Waals surface area contributed by atoms with Crippen molar-refractivity contribution in [2.24, 2.45) is 0 Å². The van der Waals surface area contributed by atoms with Gasteiger partial charge in [-0.1, -0.05) is 0 Å². The van der Waals surface area contributed by atoms with Crippen molar-refractivity contribution in [3.05, 3.63) is 78.3 Å². The van der Waals surface area contributed by atoms with Crippen molar-refractivity contribution in [3.8, 4) is 0 Å². The van der Waals surface area contributed by atoms with Crippen LogP contribution in [-0.2, 0) is 13.1 Å². The first-order valence-electron chi connectivity index (χ1n) is 7.20. The molecule has 0 unspecified atom stereocenters. The number of hydrogen-bond donors (Lipinski definition) is 2. The van der Waals surface area contributed by atoms with Crippen molar-refractivity contribution < 1.29 is 9.21 Å². The number of pyridine rings is 2. The number of rotatable bonds is 6. The fraction of sp³-hybridized carbons (Fsp3) is 0.118. The molecule has 0 aliphatic carbocycles. The first-order valence-corrected chi connectivity index (χ1v) is 7.20.